The minimum Gasteiger partial charge on any atom is 3.00 e. The number of nitrogens with zero attached hydrogens (tertiary/aromatic N) is 7. The van der Waals surface area contributed by atoms with Crippen molar-refractivity contribution >= 4 is 46.6 Å². The van der Waals surface area contributed by atoms with Crippen molar-refractivity contribution in [2.24, 2.45) is 0 Å². The second kappa shape index (κ2) is 19.3. The normalized spacial score (nSPS) is 14.1. The van der Waals surface area contributed by atoms with Gasteiger partial charge in [-0.05, 0) is 72.8 Å². The fourth-order valence-electron chi connectivity index (χ4n) is 3.58. The number of nitriles is 1. The predicted octanol–water partition coefficient (Wildman–Crippen LogP) is 18.4. The molecule has 6 aromatic heterocycles. The number of rotatable bonds is 4. The van der Waals surface area contributed by atoms with Gasteiger partial charge < -0.3 is 0 Å². The SMILES string of the molecule is CC#N.Clc1cc(-c2ccccn2)nc(-c2ccccn2)c1.Clc1cc(-c2ccccn2)nc(-c2ccccn2)c1.F[P-](F)(F)(F)(F)F.F[P-](F)(F)(F)(F)F.F[P-](F)(F)(F)(F)F.[Co+3]. The van der Waals surface area contributed by atoms with Gasteiger partial charge in [-0.3, -0.25) is 19.9 Å². The van der Waals surface area contributed by atoms with Crippen LogP contribution in [-0.4, -0.2) is 29.9 Å². The predicted molar refractivity (Wildman–Crippen MR) is 203 cm³/mol. The van der Waals surface area contributed by atoms with Gasteiger partial charge in [-0.15, -0.1) is 0 Å². The summed E-state index contributed by atoms with van der Waals surface area (Å²) < 4.78 is 178. The van der Waals surface area contributed by atoms with E-state index in [0.29, 0.717) is 10.0 Å². The Balaban J connectivity index is 0.000000812. The van der Waals surface area contributed by atoms with Crippen LogP contribution < -0.4 is 0 Å². The maximum Gasteiger partial charge on any atom is 3.00 e. The summed E-state index contributed by atoms with van der Waals surface area (Å²) in [5.41, 5.74) is 6.15. The van der Waals surface area contributed by atoms with E-state index in [1.165, 1.54) is 6.92 Å². The first-order chi connectivity index (χ1) is 27.4. The van der Waals surface area contributed by atoms with Gasteiger partial charge in [0.2, 0.25) is 0 Å². The van der Waals surface area contributed by atoms with Crippen molar-refractivity contribution < 1.29 is 92.3 Å². The van der Waals surface area contributed by atoms with Crippen LogP contribution in [0.2, 0.25) is 10.0 Å². The van der Waals surface area contributed by atoms with Crippen LogP contribution in [0.3, 0.4) is 0 Å². The molecule has 0 N–H and O–H groups in total. The van der Waals surface area contributed by atoms with E-state index < -0.39 is 23.4 Å². The van der Waals surface area contributed by atoms with E-state index in [2.05, 4.69) is 29.9 Å². The average molecular weight is 1070 g/mol. The molecule has 0 spiro atoms. The molecule has 6 aromatic rings. The summed E-state index contributed by atoms with van der Waals surface area (Å²) in [5.74, 6) is 0. The monoisotopic (exact) mass is 1070 g/mol. The average Bonchev–Trinajstić information content (AvgIpc) is 3.09. The minimum absolute atomic E-state index is 0. The standard InChI is InChI=1S/2C15H10ClN3.C2H3N.Co.3F6P/c2*16-11-9-14(12-5-1-3-7-17-12)19-15(10-11)13-6-2-4-8-18-13;1-2-3;;3*1-7(2,3,4,5)6/h2*1-10H;1H3;;;;/q;;;+3;3*-1. The van der Waals surface area contributed by atoms with Crippen molar-refractivity contribution in [3.63, 3.8) is 0 Å². The van der Waals surface area contributed by atoms with Gasteiger partial charge in [-0.1, -0.05) is 47.5 Å². The van der Waals surface area contributed by atoms with E-state index in [-0.39, 0.29) is 16.8 Å². The Bertz CT molecular complexity index is 2090. The second-order valence-electron chi connectivity index (χ2n) is 11.1. The number of hydrogen-bond donors (Lipinski definition) is 0. The molecule has 63 heavy (non-hydrogen) atoms. The minimum atomic E-state index is -10.7. The molecule has 0 saturated carbocycles. The van der Waals surface area contributed by atoms with Gasteiger partial charge in [-0.2, -0.15) is 5.26 Å². The van der Waals surface area contributed by atoms with Crippen LogP contribution in [0.1, 0.15) is 6.92 Å². The first-order valence-corrected chi connectivity index (χ1v) is 22.3. The summed E-state index contributed by atoms with van der Waals surface area (Å²) in [7, 11) is -32.0. The third kappa shape index (κ3) is 38.9. The van der Waals surface area contributed by atoms with Crippen molar-refractivity contribution in [2.45, 2.75) is 6.92 Å². The fraction of sp³-hybridized carbons (Fsp3) is 0.0312. The molecule has 0 amide bonds. The Morgan fingerprint density at radius 3 is 0.667 bits per heavy atom. The molecule has 0 fully saturated rings. The van der Waals surface area contributed by atoms with E-state index in [0.717, 1.165) is 45.6 Å². The van der Waals surface area contributed by atoms with Crippen LogP contribution in [0.25, 0.3) is 45.6 Å². The Morgan fingerprint density at radius 2 is 0.540 bits per heavy atom. The maximum atomic E-state index is 9.87. The van der Waals surface area contributed by atoms with Crippen molar-refractivity contribution in [3.05, 3.63) is 132 Å². The van der Waals surface area contributed by atoms with Crippen molar-refractivity contribution in [1.29, 1.82) is 5.26 Å². The van der Waals surface area contributed by atoms with E-state index >= 15 is 0 Å². The zero-order valence-corrected chi connectivity index (χ0v) is 35.6. The summed E-state index contributed by atoms with van der Waals surface area (Å²) >= 11 is 12.3. The first kappa shape index (κ1) is 58.5. The Hall–Kier alpha value is -4.49. The van der Waals surface area contributed by atoms with Gasteiger partial charge in [0.15, 0.2) is 0 Å². The molecule has 31 heteroatoms. The molecule has 6 heterocycles. The van der Waals surface area contributed by atoms with Crippen LogP contribution in [0.5, 0.6) is 0 Å². The third-order valence-electron chi connectivity index (χ3n) is 5.29. The second-order valence-corrected chi connectivity index (χ2v) is 17.7. The Kier molecular flexibility index (Phi) is 17.9. The largest absolute Gasteiger partial charge is 3.00 e. The molecule has 6 rings (SSSR count). The Labute approximate surface area is 363 Å². The zero-order chi connectivity index (χ0) is 48.1. The molecule has 7 nitrogen and oxygen atoms in total. The van der Waals surface area contributed by atoms with Gasteiger partial charge in [0.25, 0.3) is 0 Å². The van der Waals surface area contributed by atoms with Gasteiger partial charge in [0.1, 0.15) is 0 Å². The molecule has 0 atom stereocenters. The van der Waals surface area contributed by atoms with Gasteiger partial charge in [-0.25, -0.2) is 9.97 Å². The topological polar surface area (TPSA) is 101 Å². The Morgan fingerprint density at radius 1 is 0.381 bits per heavy atom. The summed E-state index contributed by atoms with van der Waals surface area (Å²) in [4.78, 5) is 26.3. The smallest absolute Gasteiger partial charge is 3.00 e. The summed E-state index contributed by atoms with van der Waals surface area (Å²) in [6.45, 7) is 1.43. The molecule has 0 radical (unpaired) electrons. The van der Waals surface area contributed by atoms with E-state index in [4.69, 9.17) is 28.5 Å². The summed E-state index contributed by atoms with van der Waals surface area (Å²) in [6.07, 6.45) is 6.94. The van der Waals surface area contributed by atoms with Crippen LogP contribution in [-0.2, 0) is 16.8 Å². The molecule has 0 unspecified atom stereocenters. The molecule has 0 aliphatic heterocycles. The van der Waals surface area contributed by atoms with E-state index in [1.807, 2.05) is 72.8 Å². The number of hydrogen-bond acceptors (Lipinski definition) is 7. The number of aromatic nitrogens is 6. The third-order valence-corrected chi connectivity index (χ3v) is 5.73. The maximum absolute atomic E-state index is 10.7. The first-order valence-electron chi connectivity index (χ1n) is 15.4. The molecular formula is C32H23Cl2CoF18N7P3. The molecule has 0 saturated heterocycles. The van der Waals surface area contributed by atoms with Crippen molar-refractivity contribution in [2.75, 3.05) is 0 Å². The quantitative estimate of drug-likeness (QED) is 0.128. The number of halogens is 20. The molecule has 0 aliphatic rings. The molecule has 0 aromatic carbocycles. The van der Waals surface area contributed by atoms with Crippen LogP contribution in [0.4, 0.5) is 75.5 Å². The fourth-order valence-corrected chi connectivity index (χ4v) is 3.99. The molecular weight excluding hydrogens is 1050 g/mol. The summed E-state index contributed by atoms with van der Waals surface area (Å²) in [6, 6.07) is 31.7. The van der Waals surface area contributed by atoms with Crippen molar-refractivity contribution in [3.8, 4) is 51.6 Å². The van der Waals surface area contributed by atoms with E-state index in [9.17, 15) is 75.5 Å². The molecule has 0 aliphatic carbocycles. The van der Waals surface area contributed by atoms with Crippen LogP contribution in [0.15, 0.2) is 122 Å². The molecule has 0 bridgehead atoms. The van der Waals surface area contributed by atoms with Crippen LogP contribution in [0, 0.1) is 11.3 Å². The van der Waals surface area contributed by atoms with Gasteiger partial charge in [0, 0.05) is 41.8 Å². The molecule has 350 valence electrons. The van der Waals surface area contributed by atoms with Gasteiger partial charge in [0.05, 0.1) is 51.6 Å². The van der Waals surface area contributed by atoms with Crippen LogP contribution >= 0.6 is 46.6 Å². The summed E-state index contributed by atoms with van der Waals surface area (Å²) in [5, 5.41) is 8.56. The van der Waals surface area contributed by atoms with E-state index in [1.54, 1.807) is 55.1 Å². The van der Waals surface area contributed by atoms with Crippen molar-refractivity contribution in [1.82, 2.24) is 29.9 Å². The van der Waals surface area contributed by atoms with Gasteiger partial charge >= 0.3 is 116 Å². The number of pyridine rings is 6. The zero-order valence-electron chi connectivity index (χ0n) is 30.4.